The van der Waals surface area contributed by atoms with Gasteiger partial charge in [0.1, 0.15) is 0 Å². The van der Waals surface area contributed by atoms with Gasteiger partial charge in [-0.25, -0.2) is 0 Å². The Morgan fingerprint density at radius 3 is 2.83 bits per heavy atom. The highest BCUT2D eigenvalue weighted by Crippen LogP contribution is 2.37. The number of hydrogen-bond donors (Lipinski definition) is 1. The number of hydrogen-bond acceptors (Lipinski definition) is 3. The van der Waals surface area contributed by atoms with E-state index in [1.807, 2.05) is 17.9 Å². The fraction of sp³-hybridized carbons (Fsp3) is 0.417. The molecule has 0 bridgehead atoms. The minimum absolute atomic E-state index is 0.197. The number of rotatable bonds is 5. The summed E-state index contributed by atoms with van der Waals surface area (Å²) in [6.45, 7) is 3.12. The first-order valence-electron chi connectivity index (χ1n) is 5.80. The number of nitrogens with zero attached hydrogens (tertiary/aromatic N) is 2. The van der Waals surface area contributed by atoms with Gasteiger partial charge in [0.15, 0.2) is 0 Å². The number of halogens is 2. The normalized spacial score (nSPS) is 12.9. The number of aryl methyl sites for hydroxylation is 1. The molecule has 2 aromatic rings. The molecule has 0 aliphatic heterocycles. The molecule has 0 aliphatic carbocycles. The summed E-state index contributed by atoms with van der Waals surface area (Å²) >= 11 is 8.81. The molecule has 0 saturated carbocycles. The maximum absolute atomic E-state index is 4.39. The van der Waals surface area contributed by atoms with Crippen molar-refractivity contribution in [3.8, 4) is 0 Å². The van der Waals surface area contributed by atoms with Crippen molar-refractivity contribution in [2.45, 2.75) is 25.9 Å². The topological polar surface area (TPSA) is 29.9 Å². The lowest BCUT2D eigenvalue weighted by atomic mass is 10.1. The molecule has 1 atom stereocenters. The largest absolute Gasteiger partial charge is 0.309 e. The molecule has 6 heteroatoms. The van der Waals surface area contributed by atoms with E-state index in [2.05, 4.69) is 61.5 Å². The van der Waals surface area contributed by atoms with Gasteiger partial charge in [-0.3, -0.25) is 4.68 Å². The van der Waals surface area contributed by atoms with E-state index in [0.717, 1.165) is 21.2 Å². The van der Waals surface area contributed by atoms with Gasteiger partial charge in [-0.2, -0.15) is 5.10 Å². The molecule has 3 nitrogen and oxygen atoms in total. The predicted molar refractivity (Wildman–Crippen MR) is 83.1 cm³/mol. The molecular weight excluding hydrogens is 378 g/mol. The van der Waals surface area contributed by atoms with E-state index in [1.165, 1.54) is 10.4 Å². The van der Waals surface area contributed by atoms with Crippen LogP contribution in [0.15, 0.2) is 26.7 Å². The highest BCUT2D eigenvalue weighted by atomic mass is 79.9. The summed E-state index contributed by atoms with van der Waals surface area (Å²) in [5.41, 5.74) is 1.20. The average molecular weight is 393 g/mol. The monoisotopic (exact) mass is 391 g/mol. The summed E-state index contributed by atoms with van der Waals surface area (Å²) in [6.07, 6.45) is 5.16. The Morgan fingerprint density at radius 1 is 1.50 bits per heavy atom. The molecule has 0 fully saturated rings. The standard InChI is InChI=1S/C12H15Br2N3S/c1-3-4-17-7-8(6-16-17)11(15-2)10-5-9(13)12(14)18-10/h5-7,11,15H,3-4H2,1-2H3. The quantitative estimate of drug-likeness (QED) is 0.826. The Bertz CT molecular complexity index is 502. The van der Waals surface area contributed by atoms with Crippen LogP contribution in [0, 0.1) is 0 Å². The molecule has 1 unspecified atom stereocenters. The second-order valence-corrected chi connectivity index (χ2v) is 7.28. The third-order valence-corrected chi connectivity index (χ3v) is 6.00. The van der Waals surface area contributed by atoms with Crippen LogP contribution in [0.3, 0.4) is 0 Å². The van der Waals surface area contributed by atoms with E-state index < -0.39 is 0 Å². The second-order valence-electron chi connectivity index (χ2n) is 4.03. The molecule has 98 valence electrons. The molecule has 0 aromatic carbocycles. The first-order valence-corrected chi connectivity index (χ1v) is 8.20. The van der Waals surface area contributed by atoms with Gasteiger partial charge in [0, 0.05) is 27.7 Å². The molecule has 18 heavy (non-hydrogen) atoms. The highest BCUT2D eigenvalue weighted by Gasteiger charge is 2.17. The zero-order valence-corrected chi connectivity index (χ0v) is 14.3. The van der Waals surface area contributed by atoms with Crippen molar-refractivity contribution in [3.63, 3.8) is 0 Å². The maximum Gasteiger partial charge on any atom is 0.0843 e. The molecule has 0 amide bonds. The van der Waals surface area contributed by atoms with E-state index in [4.69, 9.17) is 0 Å². The third-order valence-electron chi connectivity index (χ3n) is 2.68. The van der Waals surface area contributed by atoms with Gasteiger partial charge in [0.2, 0.25) is 0 Å². The highest BCUT2D eigenvalue weighted by molar-refractivity contribution is 9.13. The third kappa shape index (κ3) is 3.04. The van der Waals surface area contributed by atoms with Crippen molar-refractivity contribution in [2.24, 2.45) is 0 Å². The first kappa shape index (κ1) is 14.2. The van der Waals surface area contributed by atoms with Crippen LogP contribution in [0.25, 0.3) is 0 Å². The summed E-state index contributed by atoms with van der Waals surface area (Å²) in [7, 11) is 1.98. The van der Waals surface area contributed by atoms with Crippen LogP contribution in [0.5, 0.6) is 0 Å². The molecule has 2 aromatic heterocycles. The molecule has 2 heterocycles. The predicted octanol–water partition coefficient (Wildman–Crippen LogP) is 4.19. The molecular formula is C12H15Br2N3S. The summed E-state index contributed by atoms with van der Waals surface area (Å²) in [5, 5.41) is 7.73. The average Bonchev–Trinajstić information content (AvgIpc) is 2.90. The van der Waals surface area contributed by atoms with Crippen LogP contribution in [0.4, 0.5) is 0 Å². The molecule has 0 radical (unpaired) electrons. The Morgan fingerprint density at radius 2 is 2.28 bits per heavy atom. The van der Waals surface area contributed by atoms with Gasteiger partial charge in [0.05, 0.1) is 16.0 Å². The molecule has 2 rings (SSSR count). The Labute approximate surface area is 128 Å². The summed E-state index contributed by atoms with van der Waals surface area (Å²) < 4.78 is 4.22. The number of aromatic nitrogens is 2. The molecule has 1 N–H and O–H groups in total. The Kier molecular flexibility index (Phi) is 5.00. The summed E-state index contributed by atoms with van der Waals surface area (Å²) in [5.74, 6) is 0. The van der Waals surface area contributed by atoms with E-state index in [9.17, 15) is 0 Å². The SMILES string of the molecule is CCCn1cc(C(NC)c2cc(Br)c(Br)s2)cn1. The van der Waals surface area contributed by atoms with Gasteiger partial charge >= 0.3 is 0 Å². The van der Waals surface area contributed by atoms with Gasteiger partial charge in [-0.05, 0) is 51.4 Å². The smallest absolute Gasteiger partial charge is 0.0843 e. The second kappa shape index (κ2) is 6.32. The van der Waals surface area contributed by atoms with Crippen LogP contribution in [-0.4, -0.2) is 16.8 Å². The van der Waals surface area contributed by atoms with Gasteiger partial charge in [0.25, 0.3) is 0 Å². The molecule has 0 aliphatic rings. The van der Waals surface area contributed by atoms with Crippen molar-refractivity contribution in [3.05, 3.63) is 37.2 Å². The van der Waals surface area contributed by atoms with Gasteiger partial charge in [-0.1, -0.05) is 6.92 Å². The van der Waals surface area contributed by atoms with Crippen LogP contribution in [-0.2, 0) is 6.54 Å². The summed E-state index contributed by atoms with van der Waals surface area (Å²) in [4.78, 5) is 1.27. The molecule has 0 spiro atoms. The number of nitrogens with one attached hydrogen (secondary N) is 1. The van der Waals surface area contributed by atoms with Crippen LogP contribution in [0.2, 0.25) is 0 Å². The fourth-order valence-corrected chi connectivity index (χ4v) is 4.09. The van der Waals surface area contributed by atoms with Crippen molar-refractivity contribution in [1.82, 2.24) is 15.1 Å². The zero-order chi connectivity index (χ0) is 13.1. The van der Waals surface area contributed by atoms with Crippen molar-refractivity contribution >= 4 is 43.2 Å². The Hall–Kier alpha value is -0.170. The molecule has 0 saturated heterocycles. The zero-order valence-electron chi connectivity index (χ0n) is 10.3. The number of thiophene rings is 1. The van der Waals surface area contributed by atoms with E-state index in [-0.39, 0.29) is 6.04 Å². The minimum Gasteiger partial charge on any atom is -0.309 e. The summed E-state index contributed by atoms with van der Waals surface area (Å²) in [6, 6.07) is 2.34. The van der Waals surface area contributed by atoms with E-state index in [0.29, 0.717) is 0 Å². The van der Waals surface area contributed by atoms with Gasteiger partial charge in [-0.15, -0.1) is 11.3 Å². The lowest BCUT2D eigenvalue weighted by molar-refractivity contribution is 0.600. The van der Waals surface area contributed by atoms with Crippen LogP contribution >= 0.6 is 43.2 Å². The lowest BCUT2D eigenvalue weighted by Crippen LogP contribution is -2.15. The fourth-order valence-electron chi connectivity index (χ4n) is 1.86. The van der Waals surface area contributed by atoms with E-state index >= 15 is 0 Å². The van der Waals surface area contributed by atoms with Gasteiger partial charge < -0.3 is 5.32 Å². The van der Waals surface area contributed by atoms with Crippen LogP contribution in [0.1, 0.15) is 29.8 Å². The van der Waals surface area contributed by atoms with Crippen molar-refractivity contribution in [1.29, 1.82) is 0 Å². The van der Waals surface area contributed by atoms with E-state index in [1.54, 1.807) is 11.3 Å². The lowest BCUT2D eigenvalue weighted by Gasteiger charge is -2.11. The van der Waals surface area contributed by atoms with Crippen molar-refractivity contribution in [2.75, 3.05) is 7.05 Å². The minimum atomic E-state index is 0.197. The maximum atomic E-state index is 4.39. The van der Waals surface area contributed by atoms with Crippen LogP contribution < -0.4 is 5.32 Å². The Balaban J connectivity index is 2.26. The first-order chi connectivity index (χ1) is 8.65. The van der Waals surface area contributed by atoms with Crippen molar-refractivity contribution < 1.29 is 0 Å².